The van der Waals surface area contributed by atoms with Crippen LogP contribution in [0.2, 0.25) is 0 Å². The first kappa shape index (κ1) is 23.3. The van der Waals surface area contributed by atoms with Crippen molar-refractivity contribution >= 4 is 29.9 Å². The highest BCUT2D eigenvalue weighted by atomic mass is 127. The number of nitrogens with zero attached hydrogens (tertiary/aromatic N) is 2. The lowest BCUT2D eigenvalue weighted by Crippen LogP contribution is -2.36. The minimum atomic E-state index is 0. The van der Waals surface area contributed by atoms with Crippen molar-refractivity contribution in [1.29, 1.82) is 0 Å². The van der Waals surface area contributed by atoms with Crippen LogP contribution >= 0.6 is 24.0 Å². The molecule has 6 nitrogen and oxygen atoms in total. The predicted octanol–water partition coefficient (Wildman–Crippen LogP) is 4.38. The molecule has 27 heavy (non-hydrogen) atoms. The van der Waals surface area contributed by atoms with Crippen molar-refractivity contribution in [3.05, 3.63) is 46.8 Å². The van der Waals surface area contributed by atoms with Crippen molar-refractivity contribution in [3.8, 4) is 5.75 Å². The summed E-state index contributed by atoms with van der Waals surface area (Å²) in [7, 11) is 0. The number of aryl methyl sites for hydroxylation is 1. The summed E-state index contributed by atoms with van der Waals surface area (Å²) in [4.78, 5) is 4.65. The number of benzene rings is 1. The molecule has 150 valence electrons. The third kappa shape index (κ3) is 7.40. The smallest absolute Gasteiger partial charge is 0.191 e. The number of hydrogen-bond acceptors (Lipinski definition) is 4. The summed E-state index contributed by atoms with van der Waals surface area (Å²) in [6.07, 6.45) is 0. The summed E-state index contributed by atoms with van der Waals surface area (Å²) in [5, 5.41) is 10.6. The molecule has 1 heterocycles. The highest BCUT2D eigenvalue weighted by Crippen LogP contribution is 2.19. The molecular formula is C20H31IN4O2. The van der Waals surface area contributed by atoms with Crippen molar-refractivity contribution in [1.82, 2.24) is 15.8 Å². The molecule has 0 amide bonds. The maximum Gasteiger partial charge on any atom is 0.191 e. The summed E-state index contributed by atoms with van der Waals surface area (Å²) in [6, 6.07) is 8.16. The average Bonchev–Trinajstić information content (AvgIpc) is 3.09. The Bertz CT molecular complexity index is 729. The number of aromatic nitrogens is 1. The highest BCUT2D eigenvalue weighted by Gasteiger charge is 2.08. The van der Waals surface area contributed by atoms with Crippen molar-refractivity contribution in [2.24, 2.45) is 4.99 Å². The first-order valence-corrected chi connectivity index (χ1v) is 9.23. The van der Waals surface area contributed by atoms with E-state index < -0.39 is 0 Å². The Morgan fingerprint density at radius 3 is 2.59 bits per heavy atom. The van der Waals surface area contributed by atoms with Crippen LogP contribution in [-0.2, 0) is 13.1 Å². The second-order valence-electron chi connectivity index (χ2n) is 6.45. The fourth-order valence-electron chi connectivity index (χ4n) is 2.49. The van der Waals surface area contributed by atoms with Gasteiger partial charge in [0.1, 0.15) is 5.75 Å². The third-order valence-corrected chi connectivity index (χ3v) is 3.90. The van der Waals surface area contributed by atoms with Gasteiger partial charge in [-0.2, -0.15) is 0 Å². The molecule has 0 aliphatic carbocycles. The van der Waals surface area contributed by atoms with E-state index in [9.17, 15) is 0 Å². The molecule has 0 aliphatic rings. The molecule has 7 heteroatoms. The second-order valence-corrected chi connectivity index (χ2v) is 6.45. The fourth-order valence-corrected chi connectivity index (χ4v) is 2.49. The van der Waals surface area contributed by atoms with E-state index in [1.165, 1.54) is 0 Å². The van der Waals surface area contributed by atoms with E-state index in [-0.39, 0.29) is 24.0 Å². The van der Waals surface area contributed by atoms with E-state index in [1.807, 2.05) is 26.0 Å². The summed E-state index contributed by atoms with van der Waals surface area (Å²) in [5.41, 5.74) is 3.24. The van der Waals surface area contributed by atoms with Crippen LogP contribution in [-0.4, -0.2) is 24.3 Å². The molecule has 0 spiro atoms. The van der Waals surface area contributed by atoms with Crippen LogP contribution in [0.5, 0.6) is 5.75 Å². The molecule has 0 radical (unpaired) electrons. The number of guanidine groups is 1. The van der Waals surface area contributed by atoms with Crippen molar-refractivity contribution in [2.45, 2.75) is 53.6 Å². The van der Waals surface area contributed by atoms with Gasteiger partial charge in [-0.15, -0.1) is 24.0 Å². The minimum absolute atomic E-state index is 0. The third-order valence-electron chi connectivity index (χ3n) is 3.90. The highest BCUT2D eigenvalue weighted by molar-refractivity contribution is 14.0. The predicted molar refractivity (Wildman–Crippen MR) is 120 cm³/mol. The van der Waals surface area contributed by atoms with Gasteiger partial charge in [-0.3, -0.25) is 0 Å². The first-order chi connectivity index (χ1) is 12.5. The Labute approximate surface area is 179 Å². The molecule has 2 N–H and O–H groups in total. The molecule has 0 saturated carbocycles. The summed E-state index contributed by atoms with van der Waals surface area (Å²) in [6.45, 7) is 12.9. The number of halogens is 1. The second kappa shape index (κ2) is 11.8. The molecular weight excluding hydrogens is 455 g/mol. The van der Waals surface area contributed by atoms with Crippen LogP contribution in [0, 0.1) is 6.92 Å². The van der Waals surface area contributed by atoms with Gasteiger partial charge in [0.2, 0.25) is 0 Å². The molecule has 1 aromatic carbocycles. The quantitative estimate of drug-likeness (QED) is 0.329. The summed E-state index contributed by atoms with van der Waals surface area (Å²) < 4.78 is 10.9. The molecule has 0 fully saturated rings. The van der Waals surface area contributed by atoms with E-state index in [0.29, 0.717) is 25.6 Å². The van der Waals surface area contributed by atoms with Gasteiger partial charge >= 0.3 is 0 Å². The Morgan fingerprint density at radius 2 is 2.00 bits per heavy atom. The van der Waals surface area contributed by atoms with Gasteiger partial charge in [-0.1, -0.05) is 31.1 Å². The Hall–Kier alpha value is -1.77. The van der Waals surface area contributed by atoms with Gasteiger partial charge in [0.15, 0.2) is 11.7 Å². The average molecular weight is 486 g/mol. The number of rotatable bonds is 8. The van der Waals surface area contributed by atoms with Crippen LogP contribution in [0.3, 0.4) is 0 Å². The van der Waals surface area contributed by atoms with Gasteiger partial charge in [0.05, 0.1) is 25.4 Å². The monoisotopic (exact) mass is 486 g/mol. The molecule has 2 aromatic rings. The van der Waals surface area contributed by atoms with Crippen LogP contribution in [0.4, 0.5) is 0 Å². The van der Waals surface area contributed by atoms with Crippen LogP contribution in [0.25, 0.3) is 0 Å². The largest absolute Gasteiger partial charge is 0.494 e. The lowest BCUT2D eigenvalue weighted by atomic mass is 10.1. The van der Waals surface area contributed by atoms with Crippen LogP contribution in [0.1, 0.15) is 56.2 Å². The molecule has 2 rings (SSSR count). The van der Waals surface area contributed by atoms with Gasteiger partial charge in [0, 0.05) is 12.6 Å². The van der Waals surface area contributed by atoms with Gasteiger partial charge in [-0.05, 0) is 43.9 Å². The minimum Gasteiger partial charge on any atom is -0.494 e. The SMILES string of the molecule is CCNC(=NCc1ccc(OCC)c(C)c1)NCc1cc(C(C)C)no1.I. The van der Waals surface area contributed by atoms with Crippen LogP contribution in [0.15, 0.2) is 33.8 Å². The number of hydrogen-bond donors (Lipinski definition) is 2. The van der Waals surface area contributed by atoms with Crippen molar-refractivity contribution < 1.29 is 9.26 Å². The zero-order valence-corrected chi connectivity index (χ0v) is 19.2. The maximum absolute atomic E-state index is 5.59. The zero-order valence-electron chi connectivity index (χ0n) is 16.8. The number of ether oxygens (including phenoxy) is 1. The Balaban J connectivity index is 0.00000364. The van der Waals surface area contributed by atoms with Gasteiger partial charge in [-0.25, -0.2) is 4.99 Å². The van der Waals surface area contributed by atoms with Gasteiger partial charge < -0.3 is 19.9 Å². The molecule has 0 saturated heterocycles. The Morgan fingerprint density at radius 1 is 1.22 bits per heavy atom. The lowest BCUT2D eigenvalue weighted by molar-refractivity contribution is 0.338. The number of nitrogens with one attached hydrogen (secondary N) is 2. The van der Waals surface area contributed by atoms with Crippen LogP contribution < -0.4 is 15.4 Å². The van der Waals surface area contributed by atoms with Gasteiger partial charge in [0.25, 0.3) is 0 Å². The zero-order chi connectivity index (χ0) is 18.9. The summed E-state index contributed by atoms with van der Waals surface area (Å²) >= 11 is 0. The normalized spacial score (nSPS) is 11.3. The van der Waals surface area contributed by atoms with E-state index in [0.717, 1.165) is 40.8 Å². The molecule has 0 unspecified atom stereocenters. The molecule has 0 bridgehead atoms. The molecule has 0 aliphatic heterocycles. The van der Waals surface area contributed by atoms with E-state index in [1.54, 1.807) is 0 Å². The van der Waals surface area contributed by atoms with E-state index in [4.69, 9.17) is 9.26 Å². The molecule has 1 aromatic heterocycles. The lowest BCUT2D eigenvalue weighted by Gasteiger charge is -2.11. The fraction of sp³-hybridized carbons (Fsp3) is 0.500. The van der Waals surface area contributed by atoms with E-state index >= 15 is 0 Å². The summed E-state index contributed by atoms with van der Waals surface area (Å²) in [5.74, 6) is 2.84. The van der Waals surface area contributed by atoms with Crippen molar-refractivity contribution in [3.63, 3.8) is 0 Å². The van der Waals surface area contributed by atoms with Crippen molar-refractivity contribution in [2.75, 3.05) is 13.2 Å². The number of aliphatic imine (C=N–C) groups is 1. The topological polar surface area (TPSA) is 71.7 Å². The van der Waals surface area contributed by atoms with E-state index in [2.05, 4.69) is 53.7 Å². The standard InChI is InChI=1S/C20H30N4O2.HI/c1-6-21-20(23-13-17-11-18(14(3)4)24-26-17)22-12-16-8-9-19(25-7-2)15(5)10-16;/h8-11,14H,6-7,12-13H2,1-5H3,(H2,21,22,23);1H. The molecule has 0 atom stereocenters. The Kier molecular flexibility index (Phi) is 10.2. The first-order valence-electron chi connectivity index (χ1n) is 9.23. The maximum atomic E-state index is 5.59.